The second-order valence-corrected chi connectivity index (χ2v) is 3.52. The van der Waals surface area contributed by atoms with Crippen molar-refractivity contribution in [1.82, 2.24) is 9.97 Å². The average Bonchev–Trinajstić information content (AvgIpc) is 2.58. The minimum Gasteiger partial charge on any atom is -0.494 e. The quantitative estimate of drug-likeness (QED) is 0.687. The number of benzene rings is 1. The van der Waals surface area contributed by atoms with E-state index in [9.17, 15) is 5.11 Å². The third-order valence-corrected chi connectivity index (χ3v) is 2.11. The number of aliphatic hydroxyl groups is 1. The molecule has 86 valence electrons. The van der Waals surface area contributed by atoms with Crippen LogP contribution in [0.5, 0.6) is 5.75 Å². The van der Waals surface area contributed by atoms with Crippen molar-refractivity contribution in [2.75, 3.05) is 11.9 Å². The van der Waals surface area contributed by atoms with Crippen molar-refractivity contribution in [3.05, 3.63) is 18.2 Å². The highest BCUT2D eigenvalue weighted by atomic mass is 16.5. The maximum Gasteiger partial charge on any atom is 0.203 e. The zero-order valence-electron chi connectivity index (χ0n) is 9.32. The van der Waals surface area contributed by atoms with Crippen LogP contribution >= 0.6 is 0 Å². The maximum absolute atomic E-state index is 9.17. The van der Waals surface area contributed by atoms with Crippen molar-refractivity contribution < 1.29 is 9.84 Å². The number of H-pyrrole nitrogens is 1. The highest BCUT2D eigenvalue weighted by molar-refractivity contribution is 5.79. The Bertz CT molecular complexity index is 479. The Balaban J connectivity index is 2.30. The number of aromatic amines is 1. The molecule has 0 saturated carbocycles. The molecule has 1 aromatic carbocycles. The number of hydrogen-bond acceptors (Lipinski definition) is 4. The molecule has 1 heterocycles. The molecule has 5 heteroatoms. The molecule has 16 heavy (non-hydrogen) atoms. The summed E-state index contributed by atoms with van der Waals surface area (Å²) in [5.74, 6) is 1.35. The monoisotopic (exact) mass is 221 g/mol. The van der Waals surface area contributed by atoms with Crippen molar-refractivity contribution >= 4 is 17.0 Å². The van der Waals surface area contributed by atoms with E-state index in [0.29, 0.717) is 12.6 Å². The standard InChI is InChI=1S/C11H15N3O2/c1-3-16-8-4-5-9-10(6-8)14-11(13-9)12-7(2)15/h4-7,15H,3H2,1-2H3,(H2,12,13,14). The number of hydrogen-bond donors (Lipinski definition) is 3. The van der Waals surface area contributed by atoms with E-state index < -0.39 is 6.23 Å². The van der Waals surface area contributed by atoms with Crippen LogP contribution < -0.4 is 10.1 Å². The van der Waals surface area contributed by atoms with Crippen molar-refractivity contribution in [3.8, 4) is 5.75 Å². The Morgan fingerprint density at radius 3 is 3.06 bits per heavy atom. The molecule has 5 nitrogen and oxygen atoms in total. The van der Waals surface area contributed by atoms with Gasteiger partial charge < -0.3 is 20.1 Å². The normalized spacial score (nSPS) is 12.7. The predicted molar refractivity (Wildman–Crippen MR) is 62.6 cm³/mol. The molecule has 3 N–H and O–H groups in total. The zero-order valence-corrected chi connectivity index (χ0v) is 9.32. The van der Waals surface area contributed by atoms with Gasteiger partial charge in [-0.15, -0.1) is 0 Å². The van der Waals surface area contributed by atoms with E-state index in [2.05, 4.69) is 15.3 Å². The zero-order chi connectivity index (χ0) is 11.5. The summed E-state index contributed by atoms with van der Waals surface area (Å²) in [6.07, 6.45) is -0.632. The summed E-state index contributed by atoms with van der Waals surface area (Å²) in [6, 6.07) is 5.65. The van der Waals surface area contributed by atoms with E-state index in [1.54, 1.807) is 6.92 Å². The van der Waals surface area contributed by atoms with Gasteiger partial charge in [-0.2, -0.15) is 0 Å². The number of aromatic nitrogens is 2. The summed E-state index contributed by atoms with van der Waals surface area (Å²) in [4.78, 5) is 7.35. The fraction of sp³-hybridized carbons (Fsp3) is 0.364. The van der Waals surface area contributed by atoms with E-state index in [-0.39, 0.29) is 0 Å². The maximum atomic E-state index is 9.17. The molecule has 0 radical (unpaired) electrons. The van der Waals surface area contributed by atoms with Crippen molar-refractivity contribution in [1.29, 1.82) is 0 Å². The van der Waals surface area contributed by atoms with Crippen LogP contribution in [0.25, 0.3) is 11.0 Å². The Morgan fingerprint density at radius 2 is 2.38 bits per heavy atom. The van der Waals surface area contributed by atoms with Crippen molar-refractivity contribution in [3.63, 3.8) is 0 Å². The van der Waals surface area contributed by atoms with E-state index in [0.717, 1.165) is 16.8 Å². The molecular formula is C11H15N3O2. The first-order valence-corrected chi connectivity index (χ1v) is 5.26. The molecule has 0 aliphatic heterocycles. The van der Waals surface area contributed by atoms with Crippen molar-refractivity contribution in [2.24, 2.45) is 0 Å². The lowest BCUT2D eigenvalue weighted by molar-refractivity contribution is 0.223. The molecule has 1 unspecified atom stereocenters. The Hall–Kier alpha value is -1.75. The lowest BCUT2D eigenvalue weighted by atomic mass is 10.3. The number of nitrogens with zero attached hydrogens (tertiary/aromatic N) is 1. The van der Waals surface area contributed by atoms with E-state index in [4.69, 9.17) is 4.74 Å². The van der Waals surface area contributed by atoms with Gasteiger partial charge in [0.2, 0.25) is 5.95 Å². The molecule has 0 fully saturated rings. The molecule has 1 atom stereocenters. The van der Waals surface area contributed by atoms with Gasteiger partial charge in [-0.3, -0.25) is 0 Å². The van der Waals surface area contributed by atoms with Crippen molar-refractivity contribution in [2.45, 2.75) is 20.1 Å². The van der Waals surface area contributed by atoms with Crippen LogP contribution in [0, 0.1) is 0 Å². The van der Waals surface area contributed by atoms with Gasteiger partial charge in [-0.1, -0.05) is 0 Å². The second kappa shape index (κ2) is 4.40. The van der Waals surface area contributed by atoms with Gasteiger partial charge in [0.15, 0.2) is 0 Å². The summed E-state index contributed by atoms with van der Waals surface area (Å²) < 4.78 is 5.38. The molecule has 0 aliphatic carbocycles. The Kier molecular flexibility index (Phi) is 2.96. The van der Waals surface area contributed by atoms with Crippen LogP contribution in [0.2, 0.25) is 0 Å². The third-order valence-electron chi connectivity index (χ3n) is 2.11. The van der Waals surface area contributed by atoms with Gasteiger partial charge in [0.05, 0.1) is 17.6 Å². The molecular weight excluding hydrogens is 206 g/mol. The summed E-state index contributed by atoms with van der Waals surface area (Å²) in [5.41, 5.74) is 1.72. The van der Waals surface area contributed by atoms with Gasteiger partial charge in [0.1, 0.15) is 12.0 Å². The fourth-order valence-corrected chi connectivity index (χ4v) is 1.51. The average molecular weight is 221 g/mol. The first-order valence-electron chi connectivity index (χ1n) is 5.26. The van der Waals surface area contributed by atoms with Crippen LogP contribution in [0.15, 0.2) is 18.2 Å². The Labute approximate surface area is 93.5 Å². The minimum atomic E-state index is -0.632. The highest BCUT2D eigenvalue weighted by Crippen LogP contribution is 2.20. The highest BCUT2D eigenvalue weighted by Gasteiger charge is 2.05. The number of fused-ring (bicyclic) bond motifs is 1. The molecule has 0 spiro atoms. The number of aliphatic hydroxyl groups excluding tert-OH is 1. The SMILES string of the molecule is CCOc1ccc2[nH]c(NC(C)O)nc2c1. The number of nitrogens with one attached hydrogen (secondary N) is 2. The molecule has 0 aliphatic rings. The minimum absolute atomic E-state index is 0.554. The summed E-state index contributed by atoms with van der Waals surface area (Å²) in [7, 11) is 0. The molecule has 0 bridgehead atoms. The van der Waals surface area contributed by atoms with Crippen LogP contribution in [-0.2, 0) is 0 Å². The first kappa shape index (κ1) is 10.8. The lowest BCUT2D eigenvalue weighted by Gasteiger charge is -2.03. The topological polar surface area (TPSA) is 70.2 Å². The number of rotatable bonds is 4. The number of anilines is 1. The van der Waals surface area contributed by atoms with E-state index >= 15 is 0 Å². The Morgan fingerprint density at radius 1 is 1.56 bits per heavy atom. The molecule has 1 aromatic heterocycles. The lowest BCUT2D eigenvalue weighted by Crippen LogP contribution is -2.14. The van der Waals surface area contributed by atoms with Gasteiger partial charge >= 0.3 is 0 Å². The largest absolute Gasteiger partial charge is 0.494 e. The summed E-state index contributed by atoms with van der Waals surface area (Å²) in [6.45, 7) is 4.21. The van der Waals surface area contributed by atoms with E-state index in [1.807, 2.05) is 25.1 Å². The van der Waals surface area contributed by atoms with Gasteiger partial charge in [0, 0.05) is 6.07 Å². The smallest absolute Gasteiger partial charge is 0.203 e. The van der Waals surface area contributed by atoms with Crippen LogP contribution in [0.4, 0.5) is 5.95 Å². The molecule has 0 saturated heterocycles. The molecule has 0 amide bonds. The summed E-state index contributed by atoms with van der Waals surface area (Å²) in [5, 5.41) is 12.0. The molecule has 2 aromatic rings. The number of ether oxygens (including phenoxy) is 1. The van der Waals surface area contributed by atoms with Crippen LogP contribution in [0.1, 0.15) is 13.8 Å². The third kappa shape index (κ3) is 2.25. The van der Waals surface area contributed by atoms with Crippen LogP contribution in [0.3, 0.4) is 0 Å². The fourth-order valence-electron chi connectivity index (χ4n) is 1.51. The number of imidazole rings is 1. The van der Waals surface area contributed by atoms with E-state index in [1.165, 1.54) is 0 Å². The van der Waals surface area contributed by atoms with Gasteiger partial charge in [-0.25, -0.2) is 4.98 Å². The second-order valence-electron chi connectivity index (χ2n) is 3.52. The molecule has 2 rings (SSSR count). The van der Waals surface area contributed by atoms with Crippen LogP contribution in [-0.4, -0.2) is 27.9 Å². The van der Waals surface area contributed by atoms with Gasteiger partial charge in [0.25, 0.3) is 0 Å². The first-order chi connectivity index (χ1) is 7.69. The predicted octanol–water partition coefficient (Wildman–Crippen LogP) is 1.71. The van der Waals surface area contributed by atoms with Gasteiger partial charge in [-0.05, 0) is 26.0 Å². The summed E-state index contributed by atoms with van der Waals surface area (Å²) >= 11 is 0.